The first-order valence-electron chi connectivity index (χ1n) is 12.5. The standard InChI is InChI=1S/C26H36ClN5O4/c1-16(18-9-12-31(13-10-18)19-6-7-20(27)22(33)14-19)29-24-28-11-8-23(30-24)32-21(15-35-25(32)34)17(2)36-26(3,4)5/h6-8,11,14,16-18,21,33H,9-10,12-13,15H2,1-5H3,(H,28,29,30)/t16-,17?,21+/m0/s1. The van der Waals surface area contributed by atoms with Crippen LogP contribution in [-0.2, 0) is 9.47 Å². The summed E-state index contributed by atoms with van der Waals surface area (Å²) in [4.78, 5) is 25.4. The fourth-order valence-electron chi connectivity index (χ4n) is 4.91. The third kappa shape index (κ3) is 6.13. The maximum atomic E-state index is 12.6. The van der Waals surface area contributed by atoms with Crippen LogP contribution in [-0.4, -0.2) is 64.7 Å². The summed E-state index contributed by atoms with van der Waals surface area (Å²) in [6.07, 6.45) is 2.97. The molecule has 1 aromatic carbocycles. The summed E-state index contributed by atoms with van der Waals surface area (Å²) in [6.45, 7) is 12.1. The Balaban J connectivity index is 1.38. The van der Waals surface area contributed by atoms with Gasteiger partial charge in [0.05, 0.1) is 16.7 Å². The molecule has 2 aromatic rings. The molecule has 36 heavy (non-hydrogen) atoms. The molecule has 3 heterocycles. The molecule has 0 saturated carbocycles. The average molecular weight is 518 g/mol. The van der Waals surface area contributed by atoms with E-state index in [2.05, 4.69) is 27.1 Å². The molecule has 0 spiro atoms. The van der Waals surface area contributed by atoms with Gasteiger partial charge in [0.2, 0.25) is 5.95 Å². The van der Waals surface area contributed by atoms with Gasteiger partial charge in [0.15, 0.2) is 0 Å². The molecule has 2 aliphatic heterocycles. The Labute approximate surface area is 217 Å². The molecule has 2 fully saturated rings. The maximum Gasteiger partial charge on any atom is 0.416 e. The topological polar surface area (TPSA) is 100 Å². The molecule has 2 N–H and O–H groups in total. The number of nitrogens with zero attached hydrogens (tertiary/aromatic N) is 4. The van der Waals surface area contributed by atoms with Crippen LogP contribution in [0.1, 0.15) is 47.5 Å². The first-order chi connectivity index (χ1) is 17.0. The quantitative estimate of drug-likeness (QED) is 0.524. The summed E-state index contributed by atoms with van der Waals surface area (Å²) in [5.41, 5.74) is 0.636. The van der Waals surface area contributed by atoms with E-state index in [1.165, 1.54) is 0 Å². The van der Waals surface area contributed by atoms with Gasteiger partial charge >= 0.3 is 6.09 Å². The minimum absolute atomic E-state index is 0.104. The molecule has 1 aromatic heterocycles. The number of hydrogen-bond donors (Lipinski definition) is 2. The number of phenols is 1. The monoisotopic (exact) mass is 517 g/mol. The van der Waals surface area contributed by atoms with E-state index in [9.17, 15) is 9.90 Å². The lowest BCUT2D eigenvalue weighted by molar-refractivity contribution is -0.0618. The van der Waals surface area contributed by atoms with Crippen LogP contribution in [0.25, 0.3) is 0 Å². The maximum absolute atomic E-state index is 12.6. The van der Waals surface area contributed by atoms with E-state index in [0.29, 0.717) is 22.7 Å². The molecule has 0 bridgehead atoms. The van der Waals surface area contributed by atoms with Gasteiger partial charge in [-0.3, -0.25) is 4.90 Å². The molecular formula is C26H36ClN5O4. The van der Waals surface area contributed by atoms with E-state index in [4.69, 9.17) is 21.1 Å². The second-order valence-electron chi connectivity index (χ2n) is 10.6. The molecule has 9 nitrogen and oxygen atoms in total. The molecule has 3 atom stereocenters. The first-order valence-corrected chi connectivity index (χ1v) is 12.9. The van der Waals surface area contributed by atoms with Crippen molar-refractivity contribution in [2.45, 2.75) is 71.2 Å². The number of carbonyl (C=O) groups is 1. The number of aromatic hydroxyl groups is 1. The van der Waals surface area contributed by atoms with Crippen molar-refractivity contribution < 1.29 is 19.4 Å². The third-order valence-corrected chi connectivity index (χ3v) is 7.09. The second kappa shape index (κ2) is 10.7. The number of phenolic OH excluding ortho intramolecular Hbond substituents is 1. The number of rotatable bonds is 7. The SMILES string of the molecule is CC(OC(C)(C)C)[C@H]1COC(=O)N1c1ccnc(N[C@@H](C)C2CCN(c3ccc(Cl)c(O)c3)CC2)n1. The number of cyclic esters (lactones) is 1. The summed E-state index contributed by atoms with van der Waals surface area (Å²) < 4.78 is 11.4. The lowest BCUT2D eigenvalue weighted by Gasteiger charge is -2.36. The highest BCUT2D eigenvalue weighted by Crippen LogP contribution is 2.32. The van der Waals surface area contributed by atoms with Gasteiger partial charge in [-0.2, -0.15) is 4.98 Å². The normalized spacial score (nSPS) is 20.8. The molecule has 4 rings (SSSR count). The Morgan fingerprint density at radius 2 is 1.94 bits per heavy atom. The number of ether oxygens (including phenoxy) is 2. The molecule has 1 amide bonds. The number of halogens is 1. The summed E-state index contributed by atoms with van der Waals surface area (Å²) in [5.74, 6) is 1.51. The van der Waals surface area contributed by atoms with Crippen LogP contribution in [0.5, 0.6) is 5.75 Å². The van der Waals surface area contributed by atoms with Gasteiger partial charge in [0.25, 0.3) is 0 Å². The van der Waals surface area contributed by atoms with Crippen LogP contribution in [0, 0.1) is 5.92 Å². The number of amides is 1. The first kappa shape index (κ1) is 26.3. The molecule has 196 valence electrons. The van der Waals surface area contributed by atoms with Crippen LogP contribution in [0.2, 0.25) is 5.02 Å². The van der Waals surface area contributed by atoms with Crippen LogP contribution in [0.3, 0.4) is 0 Å². The van der Waals surface area contributed by atoms with Crippen LogP contribution in [0.4, 0.5) is 22.2 Å². The smallest absolute Gasteiger partial charge is 0.416 e. The van der Waals surface area contributed by atoms with Crippen molar-refractivity contribution in [2.24, 2.45) is 5.92 Å². The van der Waals surface area contributed by atoms with Crippen LogP contribution < -0.4 is 15.1 Å². The van der Waals surface area contributed by atoms with Gasteiger partial charge in [-0.1, -0.05) is 11.6 Å². The largest absolute Gasteiger partial charge is 0.506 e. The summed E-state index contributed by atoms with van der Waals surface area (Å²) in [5, 5.41) is 13.7. The Bertz CT molecular complexity index is 1070. The molecular weight excluding hydrogens is 482 g/mol. The van der Waals surface area contributed by atoms with Crippen molar-refractivity contribution in [2.75, 3.05) is 34.8 Å². The molecule has 2 saturated heterocycles. The van der Waals surface area contributed by atoms with Gasteiger partial charge in [-0.25, -0.2) is 9.78 Å². The Morgan fingerprint density at radius 1 is 1.22 bits per heavy atom. The van der Waals surface area contributed by atoms with Crippen LogP contribution >= 0.6 is 11.6 Å². The molecule has 1 unspecified atom stereocenters. The fraction of sp³-hybridized carbons (Fsp3) is 0.577. The highest BCUT2D eigenvalue weighted by atomic mass is 35.5. The predicted octanol–water partition coefficient (Wildman–Crippen LogP) is 5.08. The Morgan fingerprint density at radius 3 is 2.61 bits per heavy atom. The van der Waals surface area contributed by atoms with Crippen molar-refractivity contribution in [1.29, 1.82) is 0 Å². The van der Waals surface area contributed by atoms with E-state index in [1.807, 2.05) is 33.8 Å². The van der Waals surface area contributed by atoms with Crippen LogP contribution in [0.15, 0.2) is 30.5 Å². The minimum atomic E-state index is -0.428. The van der Waals surface area contributed by atoms with Crippen molar-refractivity contribution in [3.05, 3.63) is 35.5 Å². The average Bonchev–Trinajstić information content (AvgIpc) is 3.21. The van der Waals surface area contributed by atoms with E-state index in [-0.39, 0.29) is 36.1 Å². The van der Waals surface area contributed by atoms with Crippen molar-refractivity contribution in [1.82, 2.24) is 9.97 Å². The van der Waals surface area contributed by atoms with Gasteiger partial charge in [-0.05, 0) is 71.6 Å². The molecule has 2 aliphatic rings. The summed E-state index contributed by atoms with van der Waals surface area (Å²) in [7, 11) is 0. The Hall–Kier alpha value is -2.78. The van der Waals surface area contributed by atoms with Gasteiger partial charge < -0.3 is 24.8 Å². The zero-order valence-electron chi connectivity index (χ0n) is 21.6. The molecule has 0 radical (unpaired) electrons. The number of carbonyl (C=O) groups excluding carboxylic acids is 1. The number of anilines is 3. The summed E-state index contributed by atoms with van der Waals surface area (Å²) in [6, 6.07) is 6.98. The van der Waals surface area contributed by atoms with E-state index >= 15 is 0 Å². The zero-order chi connectivity index (χ0) is 26.0. The van der Waals surface area contributed by atoms with Gasteiger partial charge in [-0.15, -0.1) is 0 Å². The summed E-state index contributed by atoms with van der Waals surface area (Å²) >= 11 is 5.95. The molecule has 0 aliphatic carbocycles. The fourth-order valence-corrected chi connectivity index (χ4v) is 5.03. The minimum Gasteiger partial charge on any atom is -0.506 e. The highest BCUT2D eigenvalue weighted by Gasteiger charge is 2.40. The van der Waals surface area contributed by atoms with Gasteiger partial charge in [0, 0.05) is 37.1 Å². The Kier molecular flexibility index (Phi) is 7.80. The molecule has 10 heteroatoms. The number of piperidine rings is 1. The van der Waals surface area contributed by atoms with E-state index < -0.39 is 6.09 Å². The van der Waals surface area contributed by atoms with Crippen molar-refractivity contribution >= 4 is 35.1 Å². The lowest BCUT2D eigenvalue weighted by Crippen LogP contribution is -2.45. The predicted molar refractivity (Wildman–Crippen MR) is 141 cm³/mol. The van der Waals surface area contributed by atoms with Crippen molar-refractivity contribution in [3.63, 3.8) is 0 Å². The number of nitrogens with one attached hydrogen (secondary N) is 1. The number of benzene rings is 1. The number of hydrogen-bond acceptors (Lipinski definition) is 8. The highest BCUT2D eigenvalue weighted by molar-refractivity contribution is 6.32. The zero-order valence-corrected chi connectivity index (χ0v) is 22.3. The van der Waals surface area contributed by atoms with E-state index in [0.717, 1.165) is 31.6 Å². The lowest BCUT2D eigenvalue weighted by atomic mass is 9.90. The van der Waals surface area contributed by atoms with Gasteiger partial charge in [0.1, 0.15) is 24.2 Å². The van der Waals surface area contributed by atoms with E-state index in [1.54, 1.807) is 29.3 Å². The van der Waals surface area contributed by atoms with Crippen molar-refractivity contribution in [3.8, 4) is 5.75 Å². The third-order valence-electron chi connectivity index (χ3n) is 6.77. The number of aromatic nitrogens is 2. The second-order valence-corrected chi connectivity index (χ2v) is 11.0.